The second kappa shape index (κ2) is 11.0. The van der Waals surface area contributed by atoms with Crippen LogP contribution < -0.4 is 16.4 Å². The summed E-state index contributed by atoms with van der Waals surface area (Å²) in [4.78, 5) is 45.3. The van der Waals surface area contributed by atoms with Crippen molar-refractivity contribution >= 4 is 48.8 Å². The van der Waals surface area contributed by atoms with Crippen LogP contribution in [-0.4, -0.2) is 90.5 Å². The standard InChI is InChI=1S/C28H55N5O7Si3/c1-25(2,3)41(10,11)37-16-17-18(39-42(12,13)26(4,5)6)19(40-43(14,15)27(7,8)9)20(38-17)33-24(36)31-22(35)28(33)21(34)30-23(29)32-28/h17-20H,16H2,1-15H3,(H,31,35,36)(H3,29,30,32,34)/t17-,18-,19-,20-,28?/m1/s1. The van der Waals surface area contributed by atoms with Crippen LogP contribution in [-0.2, 0) is 27.6 Å². The van der Waals surface area contributed by atoms with E-state index >= 15 is 0 Å². The van der Waals surface area contributed by atoms with E-state index in [1.807, 2.05) is 0 Å². The topological polar surface area (TPSA) is 154 Å². The first kappa shape index (κ1) is 35.8. The Morgan fingerprint density at radius 3 is 1.65 bits per heavy atom. The summed E-state index contributed by atoms with van der Waals surface area (Å²) < 4.78 is 27.5. The van der Waals surface area contributed by atoms with Crippen LogP contribution in [0.15, 0.2) is 4.99 Å². The molecule has 2 saturated heterocycles. The largest absolute Gasteiger partial charge is 0.414 e. The van der Waals surface area contributed by atoms with Crippen LogP contribution in [0.3, 0.4) is 0 Å². The third kappa shape index (κ3) is 6.40. The number of imide groups is 1. The first-order valence-electron chi connectivity index (χ1n) is 15.1. The van der Waals surface area contributed by atoms with Gasteiger partial charge in [-0.3, -0.25) is 25.1 Å². The quantitative estimate of drug-likeness (QED) is 0.199. The highest BCUT2D eigenvalue weighted by Gasteiger charge is 2.68. The molecule has 0 aliphatic carbocycles. The Labute approximate surface area is 260 Å². The number of carbonyl (C=O) groups excluding carboxylic acids is 3. The number of hydrogen-bond donors (Lipinski definition) is 3. The van der Waals surface area contributed by atoms with Gasteiger partial charge in [0.1, 0.15) is 18.3 Å². The van der Waals surface area contributed by atoms with E-state index in [1.54, 1.807) is 0 Å². The molecule has 246 valence electrons. The van der Waals surface area contributed by atoms with Crippen LogP contribution in [0.5, 0.6) is 0 Å². The Balaban J connectivity index is 2.20. The predicted molar refractivity (Wildman–Crippen MR) is 174 cm³/mol. The zero-order chi connectivity index (χ0) is 33.4. The lowest BCUT2D eigenvalue weighted by Crippen LogP contribution is -2.63. The Kier molecular flexibility index (Phi) is 9.18. The average Bonchev–Trinajstić information content (AvgIpc) is 3.35. The molecule has 0 saturated carbocycles. The highest BCUT2D eigenvalue weighted by molar-refractivity contribution is 6.75. The summed E-state index contributed by atoms with van der Waals surface area (Å²) in [7, 11) is -7.23. The van der Waals surface area contributed by atoms with Crippen molar-refractivity contribution in [2.45, 2.75) is 147 Å². The Morgan fingerprint density at radius 1 is 0.791 bits per heavy atom. The maximum absolute atomic E-state index is 13.5. The van der Waals surface area contributed by atoms with Crippen molar-refractivity contribution in [1.29, 1.82) is 0 Å². The van der Waals surface area contributed by atoms with Crippen LogP contribution in [0, 0.1) is 0 Å². The maximum atomic E-state index is 13.5. The van der Waals surface area contributed by atoms with Gasteiger partial charge in [-0.1, -0.05) is 62.3 Å². The molecular formula is C28H55N5O7Si3. The van der Waals surface area contributed by atoms with Crippen LogP contribution in [0.4, 0.5) is 4.79 Å². The van der Waals surface area contributed by atoms with Gasteiger partial charge in [-0.2, -0.15) is 0 Å². The highest BCUT2D eigenvalue weighted by atomic mass is 28.4. The molecule has 1 spiro atoms. The number of amides is 4. The molecule has 0 bridgehead atoms. The lowest BCUT2D eigenvalue weighted by Gasteiger charge is -2.45. The number of guanidine groups is 1. The van der Waals surface area contributed by atoms with Gasteiger partial charge in [0.05, 0.1) is 6.61 Å². The fourth-order valence-electron chi connectivity index (χ4n) is 4.43. The van der Waals surface area contributed by atoms with Crippen molar-refractivity contribution in [2.75, 3.05) is 6.61 Å². The van der Waals surface area contributed by atoms with Crippen molar-refractivity contribution in [3.8, 4) is 0 Å². The number of carbonyl (C=O) groups is 3. The minimum Gasteiger partial charge on any atom is -0.414 e. The van der Waals surface area contributed by atoms with Gasteiger partial charge in [0.25, 0.3) is 11.8 Å². The van der Waals surface area contributed by atoms with Crippen molar-refractivity contribution in [3.63, 3.8) is 0 Å². The van der Waals surface area contributed by atoms with E-state index in [-0.39, 0.29) is 27.7 Å². The number of nitrogens with zero attached hydrogens (tertiary/aromatic N) is 2. The van der Waals surface area contributed by atoms with Gasteiger partial charge in [-0.25, -0.2) is 9.79 Å². The first-order valence-corrected chi connectivity index (χ1v) is 23.8. The number of ether oxygens (including phenoxy) is 1. The van der Waals surface area contributed by atoms with Crippen LogP contribution in [0.25, 0.3) is 0 Å². The fraction of sp³-hybridized carbons (Fsp3) is 0.857. The van der Waals surface area contributed by atoms with E-state index in [0.717, 1.165) is 4.90 Å². The summed E-state index contributed by atoms with van der Waals surface area (Å²) in [5, 5.41) is 4.24. The fourth-order valence-corrected chi connectivity index (χ4v) is 8.05. The summed E-state index contributed by atoms with van der Waals surface area (Å²) in [6, 6.07) is -0.815. The monoisotopic (exact) mass is 657 g/mol. The molecule has 0 radical (unpaired) electrons. The van der Waals surface area contributed by atoms with E-state index < -0.39 is 73.0 Å². The number of hydrogen-bond acceptors (Lipinski definition) is 9. The lowest BCUT2D eigenvalue weighted by atomic mass is 10.1. The molecule has 3 aliphatic heterocycles. The van der Waals surface area contributed by atoms with Crippen molar-refractivity contribution in [2.24, 2.45) is 10.7 Å². The van der Waals surface area contributed by atoms with Gasteiger partial charge in [-0.15, -0.1) is 0 Å². The number of rotatable bonds is 8. The van der Waals surface area contributed by atoms with Gasteiger partial charge in [-0.05, 0) is 54.4 Å². The number of nitrogens with two attached hydrogens (primary N) is 1. The van der Waals surface area contributed by atoms with E-state index in [4.69, 9.17) is 23.7 Å². The van der Waals surface area contributed by atoms with E-state index in [0.29, 0.717) is 0 Å². The molecule has 4 amide bonds. The van der Waals surface area contributed by atoms with Gasteiger partial charge in [0.15, 0.2) is 37.1 Å². The number of nitrogens with one attached hydrogen (secondary N) is 2. The van der Waals surface area contributed by atoms with Crippen LogP contribution in [0.1, 0.15) is 62.3 Å². The Morgan fingerprint density at radius 2 is 1.23 bits per heavy atom. The van der Waals surface area contributed by atoms with Crippen LogP contribution >= 0.6 is 0 Å². The van der Waals surface area contributed by atoms with Crippen molar-refractivity contribution in [1.82, 2.24) is 15.5 Å². The summed E-state index contributed by atoms with van der Waals surface area (Å²) in [6.07, 6.45) is -3.35. The molecule has 3 heterocycles. The summed E-state index contributed by atoms with van der Waals surface area (Å²) in [5.41, 5.74) is 3.61. The summed E-state index contributed by atoms with van der Waals surface area (Å²) in [5.74, 6) is -1.98. The molecule has 0 aromatic carbocycles. The van der Waals surface area contributed by atoms with Gasteiger partial charge >= 0.3 is 11.7 Å². The number of aliphatic imine (C=N–C) groups is 1. The Bertz CT molecular complexity index is 1170. The molecule has 12 nitrogen and oxygen atoms in total. The molecule has 3 aliphatic rings. The normalized spacial score (nSPS) is 29.4. The SMILES string of the molecule is CC(C)(C)[Si](C)(C)OC[C@H]1O[C@@H](N2C(=O)NC(=O)C23N=C(N)NC3=O)[C@H](O[Si](C)(C)C(C)(C)C)[C@@H]1O[Si](C)(C)C(C)(C)C. The van der Waals surface area contributed by atoms with Crippen molar-refractivity contribution < 1.29 is 32.4 Å². The predicted octanol–water partition coefficient (Wildman–Crippen LogP) is 4.21. The molecule has 5 atom stereocenters. The zero-order valence-electron chi connectivity index (χ0n) is 28.8. The smallest absolute Gasteiger partial charge is 0.329 e. The molecule has 15 heteroatoms. The number of urea groups is 1. The zero-order valence-corrected chi connectivity index (χ0v) is 31.8. The highest BCUT2D eigenvalue weighted by Crippen LogP contribution is 2.46. The molecule has 4 N–H and O–H groups in total. The van der Waals surface area contributed by atoms with Gasteiger partial charge in [0, 0.05) is 0 Å². The minimum absolute atomic E-state index is 0.0582. The average molecular weight is 658 g/mol. The summed E-state index contributed by atoms with van der Waals surface area (Å²) >= 11 is 0. The summed E-state index contributed by atoms with van der Waals surface area (Å²) in [6.45, 7) is 32.3. The third-order valence-corrected chi connectivity index (χ3v) is 23.8. The van der Waals surface area contributed by atoms with E-state index in [9.17, 15) is 14.4 Å². The van der Waals surface area contributed by atoms with Crippen LogP contribution in [0.2, 0.25) is 54.4 Å². The molecule has 2 fully saturated rings. The molecule has 43 heavy (non-hydrogen) atoms. The lowest BCUT2D eigenvalue weighted by molar-refractivity contribution is -0.149. The molecule has 0 aromatic rings. The molecule has 0 aromatic heterocycles. The van der Waals surface area contributed by atoms with Gasteiger partial charge < -0.3 is 23.7 Å². The second-order valence-electron chi connectivity index (χ2n) is 16.6. The molecule has 1 unspecified atom stereocenters. The first-order chi connectivity index (χ1) is 19.1. The van der Waals surface area contributed by atoms with Crippen molar-refractivity contribution in [3.05, 3.63) is 0 Å². The minimum atomic E-state index is -2.55. The van der Waals surface area contributed by atoms with E-state index in [2.05, 4.69) is 117 Å². The third-order valence-electron chi connectivity index (χ3n) is 10.4. The second-order valence-corrected chi connectivity index (χ2v) is 30.9. The van der Waals surface area contributed by atoms with Gasteiger partial charge in [0.2, 0.25) is 0 Å². The maximum Gasteiger partial charge on any atom is 0.329 e. The Hall–Kier alpha value is -1.63. The van der Waals surface area contributed by atoms with E-state index in [1.165, 1.54) is 0 Å². The molecule has 3 rings (SSSR count). The molecular weight excluding hydrogens is 603 g/mol.